The molecular weight excluding hydrogens is 504 g/mol. The van der Waals surface area contributed by atoms with Crippen molar-refractivity contribution in [3.63, 3.8) is 0 Å². The molecule has 1 aliphatic heterocycles. The van der Waals surface area contributed by atoms with E-state index in [0.717, 1.165) is 5.56 Å². The number of methoxy groups -OCH3 is 1. The van der Waals surface area contributed by atoms with Crippen LogP contribution < -0.4 is 9.47 Å². The Kier molecular flexibility index (Phi) is 8.84. The minimum absolute atomic E-state index is 0.0248. The van der Waals surface area contributed by atoms with Crippen LogP contribution in [0.1, 0.15) is 26.3 Å². The van der Waals surface area contributed by atoms with E-state index in [1.165, 1.54) is 34.9 Å². The van der Waals surface area contributed by atoms with Gasteiger partial charge in [-0.15, -0.1) is 0 Å². The fraction of sp³-hybridized carbons (Fsp3) is 0.440. The quantitative estimate of drug-likeness (QED) is 0.550. The van der Waals surface area contributed by atoms with Crippen LogP contribution in [0.15, 0.2) is 58.3 Å². The van der Waals surface area contributed by atoms with E-state index in [-0.39, 0.29) is 41.0 Å². The summed E-state index contributed by atoms with van der Waals surface area (Å²) in [5.74, 6) is -0.0330. The summed E-state index contributed by atoms with van der Waals surface area (Å²) in [4.78, 5) is 0.00515. The van der Waals surface area contributed by atoms with Gasteiger partial charge in [-0.05, 0) is 43.7 Å². The van der Waals surface area contributed by atoms with Gasteiger partial charge in [0.05, 0.1) is 20.3 Å². The Hall–Kier alpha value is -2.44. The number of benzene rings is 2. The second-order valence-electron chi connectivity index (χ2n) is 8.88. The van der Waals surface area contributed by atoms with Crippen LogP contribution in [0.5, 0.6) is 11.5 Å². The summed E-state index contributed by atoms with van der Waals surface area (Å²) in [6, 6.07) is 10.5. The molecule has 0 bridgehead atoms. The second kappa shape index (κ2) is 11.3. The summed E-state index contributed by atoms with van der Waals surface area (Å²) in [6.45, 7) is 4.95. The highest BCUT2D eigenvalue weighted by Crippen LogP contribution is 2.35. The third-order valence-electron chi connectivity index (χ3n) is 6.24. The van der Waals surface area contributed by atoms with Crippen LogP contribution in [0.3, 0.4) is 0 Å². The Morgan fingerprint density at radius 1 is 1.28 bits per heavy atom. The first-order valence-electron chi connectivity index (χ1n) is 11.6. The maximum Gasteiger partial charge on any atom is 0.247 e. The predicted octanol–water partition coefficient (Wildman–Crippen LogP) is 2.82. The maximum absolute atomic E-state index is 13.5. The van der Waals surface area contributed by atoms with Gasteiger partial charge >= 0.3 is 0 Å². The van der Waals surface area contributed by atoms with E-state index in [4.69, 9.17) is 9.47 Å². The Balaban J connectivity index is 2.06. The molecule has 0 aromatic heterocycles. The molecule has 0 aliphatic carbocycles. The molecule has 9 nitrogen and oxygen atoms in total. The van der Waals surface area contributed by atoms with Gasteiger partial charge in [0.15, 0.2) is 0 Å². The van der Waals surface area contributed by atoms with Crippen molar-refractivity contribution in [3.05, 3.63) is 54.1 Å². The lowest BCUT2D eigenvalue weighted by atomic mass is 10.0. The number of aliphatic hydroxyl groups excluding tert-OH is 1. The number of aliphatic hydroxyl groups is 1. The van der Waals surface area contributed by atoms with Crippen molar-refractivity contribution < 1.29 is 31.4 Å². The minimum atomic E-state index is -3.98. The van der Waals surface area contributed by atoms with Gasteiger partial charge in [-0.2, -0.15) is 8.61 Å². The highest BCUT2D eigenvalue weighted by molar-refractivity contribution is 7.89. The monoisotopic (exact) mass is 538 g/mol. The maximum atomic E-state index is 13.5. The normalized spacial score (nSPS) is 21.4. The third-order valence-corrected chi connectivity index (χ3v) is 10.1. The SMILES string of the molecule is C/C=C/c1ccc2c(c1)O[C@H](CN(C)S(=O)(=O)c1ccccc1OC)[C@@H](C)CN([C@H](C)CO)S2(=O)=O. The topological polar surface area (TPSA) is 113 Å². The highest BCUT2D eigenvalue weighted by Gasteiger charge is 2.39. The lowest BCUT2D eigenvalue weighted by molar-refractivity contribution is 0.0904. The summed E-state index contributed by atoms with van der Waals surface area (Å²) < 4.78 is 67.8. The first-order valence-corrected chi connectivity index (χ1v) is 14.5. The average Bonchev–Trinajstić information content (AvgIpc) is 2.85. The number of allylic oxidation sites excluding steroid dienone is 1. The zero-order valence-corrected chi connectivity index (χ0v) is 22.8. The van der Waals surface area contributed by atoms with Crippen LogP contribution in [0.2, 0.25) is 0 Å². The van der Waals surface area contributed by atoms with Crippen molar-refractivity contribution in [3.8, 4) is 11.5 Å². The smallest absolute Gasteiger partial charge is 0.247 e. The second-order valence-corrected chi connectivity index (χ2v) is 12.8. The van der Waals surface area contributed by atoms with Crippen molar-refractivity contribution in [2.24, 2.45) is 5.92 Å². The summed E-state index contributed by atoms with van der Waals surface area (Å²) >= 11 is 0. The number of likely N-dealkylation sites (N-methyl/N-ethyl adjacent to an activating group) is 1. The molecule has 3 atom stereocenters. The molecule has 36 heavy (non-hydrogen) atoms. The molecule has 11 heteroatoms. The van der Waals surface area contributed by atoms with Crippen LogP contribution in [0, 0.1) is 5.92 Å². The van der Waals surface area contributed by atoms with Crippen LogP contribution >= 0.6 is 0 Å². The van der Waals surface area contributed by atoms with E-state index in [9.17, 15) is 21.9 Å². The van der Waals surface area contributed by atoms with Crippen molar-refractivity contribution in [1.29, 1.82) is 0 Å². The number of hydrogen-bond acceptors (Lipinski definition) is 7. The highest BCUT2D eigenvalue weighted by atomic mass is 32.2. The first kappa shape index (κ1) is 28.1. The molecule has 0 radical (unpaired) electrons. The van der Waals surface area contributed by atoms with Gasteiger partial charge in [0.25, 0.3) is 0 Å². The first-order chi connectivity index (χ1) is 17.0. The van der Waals surface area contributed by atoms with Gasteiger partial charge in [0.1, 0.15) is 27.4 Å². The number of nitrogens with zero attached hydrogens (tertiary/aromatic N) is 2. The molecule has 2 aromatic carbocycles. The van der Waals surface area contributed by atoms with E-state index in [0.29, 0.717) is 0 Å². The Labute approximate surface area is 214 Å². The molecule has 0 saturated carbocycles. The fourth-order valence-electron chi connectivity index (χ4n) is 4.11. The lowest BCUT2D eigenvalue weighted by Crippen LogP contribution is -2.50. The number of hydrogen-bond donors (Lipinski definition) is 1. The van der Waals surface area contributed by atoms with E-state index in [1.54, 1.807) is 37.3 Å². The van der Waals surface area contributed by atoms with Gasteiger partial charge in [-0.3, -0.25) is 0 Å². The van der Waals surface area contributed by atoms with Crippen molar-refractivity contribution in [2.45, 2.75) is 42.7 Å². The van der Waals surface area contributed by atoms with Crippen molar-refractivity contribution in [2.75, 3.05) is 33.9 Å². The van der Waals surface area contributed by atoms with Crippen LogP contribution in [0.25, 0.3) is 6.08 Å². The number of fused-ring (bicyclic) bond motifs is 1. The van der Waals surface area contributed by atoms with E-state index < -0.39 is 38.1 Å². The average molecular weight is 539 g/mol. The van der Waals surface area contributed by atoms with E-state index in [2.05, 4.69) is 0 Å². The molecule has 198 valence electrons. The molecule has 0 fully saturated rings. The molecule has 1 heterocycles. The molecule has 1 N–H and O–H groups in total. The van der Waals surface area contributed by atoms with Crippen molar-refractivity contribution in [1.82, 2.24) is 8.61 Å². The zero-order valence-electron chi connectivity index (χ0n) is 21.2. The Morgan fingerprint density at radius 2 is 1.97 bits per heavy atom. The number of ether oxygens (including phenoxy) is 2. The standard InChI is InChI=1S/C25H34N2O7S2/c1-6-9-20-12-13-25-22(14-20)34-23(18(2)15-27(19(3)17-28)36(25,31)32)16-26(4)35(29,30)24-11-8-7-10-21(24)33-5/h6-14,18-19,23,28H,15-17H2,1-5H3/b9-6+/t18-,19+,23+/m0/s1. The lowest BCUT2D eigenvalue weighted by Gasteiger charge is -2.37. The molecular formula is C25H34N2O7S2. The van der Waals surface area contributed by atoms with Gasteiger partial charge in [0, 0.05) is 25.6 Å². The molecule has 1 aliphatic rings. The largest absolute Gasteiger partial charge is 0.495 e. The zero-order chi connectivity index (χ0) is 26.7. The fourth-order valence-corrected chi connectivity index (χ4v) is 7.27. The summed E-state index contributed by atoms with van der Waals surface area (Å²) in [6.07, 6.45) is 2.97. The third kappa shape index (κ3) is 5.60. The summed E-state index contributed by atoms with van der Waals surface area (Å²) in [5.41, 5.74) is 0.746. The van der Waals surface area contributed by atoms with Gasteiger partial charge < -0.3 is 14.6 Å². The number of para-hydroxylation sites is 1. The van der Waals surface area contributed by atoms with Gasteiger partial charge in [-0.25, -0.2) is 16.8 Å². The van der Waals surface area contributed by atoms with E-state index in [1.807, 2.05) is 26.0 Å². The Morgan fingerprint density at radius 3 is 2.61 bits per heavy atom. The molecule has 2 aromatic rings. The minimum Gasteiger partial charge on any atom is -0.495 e. The Bertz CT molecular complexity index is 1310. The van der Waals surface area contributed by atoms with Crippen LogP contribution in [-0.2, 0) is 20.0 Å². The van der Waals surface area contributed by atoms with E-state index >= 15 is 0 Å². The number of rotatable bonds is 8. The van der Waals surface area contributed by atoms with Crippen LogP contribution in [0.4, 0.5) is 0 Å². The molecule has 0 spiro atoms. The summed E-state index contributed by atoms with van der Waals surface area (Å²) in [5, 5.41) is 9.78. The van der Waals surface area contributed by atoms with Crippen LogP contribution in [-0.4, -0.2) is 76.6 Å². The van der Waals surface area contributed by atoms with Gasteiger partial charge in [0.2, 0.25) is 20.0 Å². The predicted molar refractivity (Wildman–Crippen MR) is 138 cm³/mol. The molecule has 0 amide bonds. The molecule has 0 saturated heterocycles. The molecule has 0 unspecified atom stereocenters. The van der Waals surface area contributed by atoms with Crippen molar-refractivity contribution >= 4 is 26.1 Å². The van der Waals surface area contributed by atoms with Gasteiger partial charge in [-0.1, -0.05) is 37.3 Å². The molecule has 3 rings (SSSR count). The number of sulfonamides is 2. The summed E-state index contributed by atoms with van der Waals surface area (Å²) in [7, 11) is -5.04.